The second kappa shape index (κ2) is 7.87. The van der Waals surface area contributed by atoms with Gasteiger partial charge < -0.3 is 14.2 Å². The third kappa shape index (κ3) is 3.61. The van der Waals surface area contributed by atoms with Crippen LogP contribution in [0.4, 0.5) is 0 Å². The summed E-state index contributed by atoms with van der Waals surface area (Å²) in [6.07, 6.45) is 4.62. The van der Waals surface area contributed by atoms with Crippen LogP contribution in [0.15, 0.2) is 42.6 Å². The van der Waals surface area contributed by atoms with E-state index in [1.54, 1.807) is 7.11 Å². The van der Waals surface area contributed by atoms with Crippen molar-refractivity contribution in [1.29, 1.82) is 5.26 Å². The van der Waals surface area contributed by atoms with Crippen LogP contribution in [-0.2, 0) is 6.54 Å². The molecule has 4 rings (SSSR count). The summed E-state index contributed by atoms with van der Waals surface area (Å²) in [6, 6.07) is 14.2. The molecule has 4 nitrogen and oxygen atoms in total. The molecule has 0 bridgehead atoms. The fourth-order valence-electron chi connectivity index (χ4n) is 4.17. The Morgan fingerprint density at radius 3 is 2.64 bits per heavy atom. The van der Waals surface area contributed by atoms with E-state index in [9.17, 15) is 5.26 Å². The van der Waals surface area contributed by atoms with Gasteiger partial charge in [0.2, 0.25) is 0 Å². The van der Waals surface area contributed by atoms with Crippen LogP contribution >= 0.6 is 11.6 Å². The van der Waals surface area contributed by atoms with Crippen molar-refractivity contribution in [2.45, 2.75) is 25.3 Å². The maximum Gasteiger partial charge on any atom is 0.137 e. The van der Waals surface area contributed by atoms with Gasteiger partial charge in [-0.2, -0.15) is 5.26 Å². The minimum Gasteiger partial charge on any atom is -0.495 e. The summed E-state index contributed by atoms with van der Waals surface area (Å²) in [5.74, 6) is 1.24. The van der Waals surface area contributed by atoms with E-state index in [1.165, 1.54) is 23.8 Å². The van der Waals surface area contributed by atoms with Gasteiger partial charge in [0.15, 0.2) is 0 Å². The lowest BCUT2D eigenvalue weighted by Gasteiger charge is -2.28. The van der Waals surface area contributed by atoms with E-state index in [2.05, 4.69) is 34.8 Å². The molecule has 0 atom stereocenters. The van der Waals surface area contributed by atoms with Gasteiger partial charge in [-0.05, 0) is 74.3 Å². The van der Waals surface area contributed by atoms with Crippen LogP contribution in [0, 0.1) is 11.3 Å². The smallest absolute Gasteiger partial charge is 0.137 e. The van der Waals surface area contributed by atoms with Crippen molar-refractivity contribution < 1.29 is 4.74 Å². The number of aromatic nitrogens is 1. The summed E-state index contributed by atoms with van der Waals surface area (Å²) in [5.41, 5.74) is 4.31. The van der Waals surface area contributed by atoms with E-state index in [1.807, 2.05) is 30.3 Å². The second-order valence-electron chi connectivity index (χ2n) is 7.60. The Labute approximate surface area is 170 Å². The number of nitrogens with zero attached hydrogens (tertiary/aromatic N) is 3. The van der Waals surface area contributed by atoms with Crippen LogP contribution in [0.25, 0.3) is 10.9 Å². The molecule has 0 N–H and O–H groups in total. The number of ether oxygens (including phenoxy) is 1. The maximum atomic E-state index is 9.36. The Hall–Kier alpha value is -2.48. The molecule has 0 spiro atoms. The van der Waals surface area contributed by atoms with E-state index < -0.39 is 0 Å². The highest BCUT2D eigenvalue weighted by atomic mass is 35.5. The molecule has 1 aromatic heterocycles. The molecule has 0 aliphatic carbocycles. The van der Waals surface area contributed by atoms with E-state index in [0.29, 0.717) is 28.8 Å². The molecule has 144 valence electrons. The molecule has 1 fully saturated rings. The van der Waals surface area contributed by atoms with Crippen molar-refractivity contribution in [3.63, 3.8) is 0 Å². The van der Waals surface area contributed by atoms with Crippen LogP contribution in [-0.4, -0.2) is 36.7 Å². The number of rotatable bonds is 4. The number of halogens is 1. The normalized spacial score (nSPS) is 15.6. The predicted molar refractivity (Wildman–Crippen MR) is 113 cm³/mol. The van der Waals surface area contributed by atoms with Crippen molar-refractivity contribution >= 4 is 22.5 Å². The van der Waals surface area contributed by atoms with Crippen LogP contribution in [0.5, 0.6) is 5.75 Å². The van der Waals surface area contributed by atoms with Gasteiger partial charge in [0.1, 0.15) is 5.75 Å². The fourth-order valence-corrected chi connectivity index (χ4v) is 4.45. The molecule has 1 saturated heterocycles. The highest BCUT2D eigenvalue weighted by Crippen LogP contribution is 2.35. The van der Waals surface area contributed by atoms with Gasteiger partial charge in [-0.1, -0.05) is 23.7 Å². The van der Waals surface area contributed by atoms with E-state index in [0.717, 1.165) is 24.2 Å². The average Bonchev–Trinajstić information content (AvgIpc) is 3.06. The first-order chi connectivity index (χ1) is 13.6. The molecule has 0 amide bonds. The standard InChI is InChI=1S/C23H24ClN3O/c1-26-9-7-18(8-10-26)20-15-27(22-12-16(13-25)3-5-19(20)22)14-17-4-6-23(28-2)21(24)11-17/h3-6,11-12,15,18H,7-10,14H2,1-2H3. The van der Waals surface area contributed by atoms with Gasteiger partial charge in [-0.3, -0.25) is 0 Å². The molecule has 1 aliphatic heterocycles. The molecule has 0 saturated carbocycles. The fraction of sp³-hybridized carbons (Fsp3) is 0.348. The molecule has 5 heteroatoms. The molecular formula is C23H24ClN3O. The Morgan fingerprint density at radius 2 is 1.96 bits per heavy atom. The van der Waals surface area contributed by atoms with Crippen LogP contribution < -0.4 is 4.74 Å². The number of methoxy groups -OCH3 is 1. The van der Waals surface area contributed by atoms with Crippen molar-refractivity contribution in [2.24, 2.45) is 0 Å². The number of piperidine rings is 1. The first kappa shape index (κ1) is 18.9. The lowest BCUT2D eigenvalue weighted by molar-refractivity contribution is 0.256. The third-order valence-corrected chi connectivity index (χ3v) is 6.07. The average molecular weight is 394 g/mol. The number of nitriles is 1. The number of benzene rings is 2. The van der Waals surface area contributed by atoms with Crippen LogP contribution in [0.2, 0.25) is 5.02 Å². The minimum absolute atomic E-state index is 0.562. The molecule has 3 aromatic rings. The lowest BCUT2D eigenvalue weighted by atomic mass is 9.89. The summed E-state index contributed by atoms with van der Waals surface area (Å²) in [5, 5.41) is 11.2. The first-order valence-electron chi connectivity index (χ1n) is 9.63. The topological polar surface area (TPSA) is 41.2 Å². The summed E-state index contributed by atoms with van der Waals surface area (Å²) in [6.45, 7) is 2.96. The predicted octanol–water partition coefficient (Wildman–Crippen LogP) is 5.03. The van der Waals surface area contributed by atoms with Gasteiger partial charge in [-0.15, -0.1) is 0 Å². The minimum atomic E-state index is 0.562. The summed E-state index contributed by atoms with van der Waals surface area (Å²) in [4.78, 5) is 2.39. The van der Waals surface area contributed by atoms with Crippen molar-refractivity contribution in [1.82, 2.24) is 9.47 Å². The Morgan fingerprint density at radius 1 is 1.18 bits per heavy atom. The molecule has 2 heterocycles. The highest BCUT2D eigenvalue weighted by Gasteiger charge is 2.22. The molecule has 28 heavy (non-hydrogen) atoms. The molecule has 2 aromatic carbocycles. The SMILES string of the molecule is COc1ccc(Cn2cc(C3CCN(C)CC3)c3ccc(C#N)cc32)cc1Cl. The van der Waals surface area contributed by atoms with Crippen LogP contribution in [0.1, 0.15) is 35.4 Å². The largest absolute Gasteiger partial charge is 0.495 e. The summed E-state index contributed by atoms with van der Waals surface area (Å²) >= 11 is 6.32. The summed E-state index contributed by atoms with van der Waals surface area (Å²) < 4.78 is 7.52. The maximum absolute atomic E-state index is 9.36. The van der Waals surface area contributed by atoms with Gasteiger partial charge in [-0.25, -0.2) is 0 Å². The monoisotopic (exact) mass is 393 g/mol. The molecule has 0 radical (unpaired) electrons. The number of likely N-dealkylation sites (tertiary alicyclic amines) is 1. The molecule has 1 aliphatic rings. The number of hydrogen-bond donors (Lipinski definition) is 0. The number of hydrogen-bond acceptors (Lipinski definition) is 3. The Balaban J connectivity index is 1.74. The zero-order valence-corrected chi connectivity index (χ0v) is 17.0. The Kier molecular flexibility index (Phi) is 5.30. The lowest BCUT2D eigenvalue weighted by Crippen LogP contribution is -2.29. The van der Waals surface area contributed by atoms with Crippen LogP contribution in [0.3, 0.4) is 0 Å². The highest BCUT2D eigenvalue weighted by molar-refractivity contribution is 6.32. The van der Waals surface area contributed by atoms with Gasteiger partial charge in [0, 0.05) is 23.6 Å². The Bertz CT molecular complexity index is 1040. The quantitative estimate of drug-likeness (QED) is 0.624. The van der Waals surface area contributed by atoms with Crippen molar-refractivity contribution in [3.05, 3.63) is 64.3 Å². The van der Waals surface area contributed by atoms with Gasteiger partial charge in [0.25, 0.3) is 0 Å². The van der Waals surface area contributed by atoms with E-state index >= 15 is 0 Å². The van der Waals surface area contributed by atoms with E-state index in [-0.39, 0.29) is 0 Å². The van der Waals surface area contributed by atoms with Crippen molar-refractivity contribution in [2.75, 3.05) is 27.2 Å². The summed E-state index contributed by atoms with van der Waals surface area (Å²) in [7, 11) is 3.81. The van der Waals surface area contributed by atoms with Gasteiger partial charge in [0.05, 0.1) is 23.8 Å². The molecule has 0 unspecified atom stereocenters. The van der Waals surface area contributed by atoms with Gasteiger partial charge >= 0.3 is 0 Å². The number of fused-ring (bicyclic) bond motifs is 1. The third-order valence-electron chi connectivity index (χ3n) is 5.77. The van der Waals surface area contributed by atoms with E-state index in [4.69, 9.17) is 16.3 Å². The van der Waals surface area contributed by atoms with Crippen molar-refractivity contribution in [3.8, 4) is 11.8 Å². The molecular weight excluding hydrogens is 370 g/mol. The first-order valence-corrected chi connectivity index (χ1v) is 10.0. The zero-order chi connectivity index (χ0) is 19.7. The second-order valence-corrected chi connectivity index (χ2v) is 8.01. The zero-order valence-electron chi connectivity index (χ0n) is 16.3.